The second-order valence-electron chi connectivity index (χ2n) is 7.33. The number of halogens is 1. The molecule has 2 aromatic rings. The SMILES string of the molecule is CC(C)[C@H](NC(=O)c1ccccc1Cl)C(=O)NC1CCCc2ccccc21. The number of benzene rings is 2. The molecule has 2 N–H and O–H groups in total. The predicted octanol–water partition coefficient (Wildman–Crippen LogP) is 4.29. The average Bonchev–Trinajstić information content (AvgIpc) is 2.66. The number of amides is 2. The van der Waals surface area contributed by atoms with Crippen molar-refractivity contribution < 1.29 is 9.59 Å². The van der Waals surface area contributed by atoms with Crippen LogP contribution in [0.1, 0.15) is 54.2 Å². The van der Waals surface area contributed by atoms with Gasteiger partial charge in [0.15, 0.2) is 0 Å². The molecule has 0 aromatic heterocycles. The van der Waals surface area contributed by atoms with Gasteiger partial charge in [-0.15, -0.1) is 0 Å². The van der Waals surface area contributed by atoms with Crippen molar-refractivity contribution in [1.82, 2.24) is 10.6 Å². The van der Waals surface area contributed by atoms with Crippen molar-refractivity contribution in [2.75, 3.05) is 0 Å². The van der Waals surface area contributed by atoms with Crippen molar-refractivity contribution in [3.05, 3.63) is 70.2 Å². The number of rotatable bonds is 5. The van der Waals surface area contributed by atoms with Crippen molar-refractivity contribution >= 4 is 23.4 Å². The molecule has 0 fully saturated rings. The average molecular weight is 385 g/mol. The Hall–Kier alpha value is -2.33. The van der Waals surface area contributed by atoms with Crippen molar-refractivity contribution in [3.8, 4) is 0 Å². The van der Waals surface area contributed by atoms with Gasteiger partial charge in [0, 0.05) is 0 Å². The molecule has 4 nitrogen and oxygen atoms in total. The van der Waals surface area contributed by atoms with E-state index in [9.17, 15) is 9.59 Å². The van der Waals surface area contributed by atoms with Gasteiger partial charge in [0.25, 0.3) is 5.91 Å². The van der Waals surface area contributed by atoms with E-state index < -0.39 is 6.04 Å². The highest BCUT2D eigenvalue weighted by Gasteiger charge is 2.29. The van der Waals surface area contributed by atoms with Gasteiger partial charge in [-0.3, -0.25) is 9.59 Å². The zero-order valence-electron chi connectivity index (χ0n) is 15.7. The molecule has 2 aromatic carbocycles. The Bertz CT molecular complexity index is 835. The molecular weight excluding hydrogens is 360 g/mol. The highest BCUT2D eigenvalue weighted by atomic mass is 35.5. The van der Waals surface area contributed by atoms with E-state index in [1.165, 1.54) is 11.1 Å². The van der Waals surface area contributed by atoms with Crippen LogP contribution in [0.5, 0.6) is 0 Å². The molecule has 0 aliphatic heterocycles. The lowest BCUT2D eigenvalue weighted by molar-refractivity contribution is -0.124. The van der Waals surface area contributed by atoms with E-state index in [-0.39, 0.29) is 23.8 Å². The van der Waals surface area contributed by atoms with Gasteiger partial charge >= 0.3 is 0 Å². The molecule has 0 radical (unpaired) electrons. The number of carbonyl (C=O) groups is 2. The molecule has 1 aliphatic carbocycles. The Labute approximate surface area is 165 Å². The van der Waals surface area contributed by atoms with Gasteiger partial charge in [-0.2, -0.15) is 0 Å². The van der Waals surface area contributed by atoms with E-state index in [0.717, 1.165) is 19.3 Å². The topological polar surface area (TPSA) is 58.2 Å². The van der Waals surface area contributed by atoms with Crippen LogP contribution in [0.15, 0.2) is 48.5 Å². The molecule has 0 saturated heterocycles. The molecule has 1 unspecified atom stereocenters. The van der Waals surface area contributed by atoms with Gasteiger partial charge in [0.1, 0.15) is 6.04 Å². The third-order valence-electron chi connectivity index (χ3n) is 5.04. The van der Waals surface area contributed by atoms with Gasteiger partial charge in [-0.05, 0) is 48.4 Å². The predicted molar refractivity (Wildman–Crippen MR) is 108 cm³/mol. The lowest BCUT2D eigenvalue weighted by Crippen LogP contribution is -2.50. The zero-order chi connectivity index (χ0) is 19.4. The molecule has 0 saturated carbocycles. The van der Waals surface area contributed by atoms with E-state index in [4.69, 9.17) is 11.6 Å². The maximum atomic E-state index is 13.0. The quantitative estimate of drug-likeness (QED) is 0.807. The lowest BCUT2D eigenvalue weighted by Gasteiger charge is -2.29. The second kappa shape index (κ2) is 8.57. The van der Waals surface area contributed by atoms with Crippen molar-refractivity contribution in [2.24, 2.45) is 5.92 Å². The maximum Gasteiger partial charge on any atom is 0.253 e. The van der Waals surface area contributed by atoms with Crippen LogP contribution in [-0.4, -0.2) is 17.9 Å². The number of aryl methyl sites for hydroxylation is 1. The van der Waals surface area contributed by atoms with Gasteiger partial charge in [-0.25, -0.2) is 0 Å². The van der Waals surface area contributed by atoms with E-state index in [2.05, 4.69) is 22.8 Å². The summed E-state index contributed by atoms with van der Waals surface area (Å²) in [5, 5.41) is 6.37. The molecule has 2 atom stereocenters. The molecular formula is C22H25ClN2O2. The second-order valence-corrected chi connectivity index (χ2v) is 7.73. The minimum Gasteiger partial charge on any atom is -0.347 e. The Kier molecular flexibility index (Phi) is 6.17. The first-order valence-corrected chi connectivity index (χ1v) is 9.78. The largest absolute Gasteiger partial charge is 0.347 e. The minimum atomic E-state index is -0.622. The monoisotopic (exact) mass is 384 g/mol. The summed E-state index contributed by atoms with van der Waals surface area (Å²) in [6.07, 6.45) is 2.99. The fraction of sp³-hybridized carbons (Fsp3) is 0.364. The van der Waals surface area contributed by atoms with Crippen LogP contribution >= 0.6 is 11.6 Å². The molecule has 5 heteroatoms. The van der Waals surface area contributed by atoms with Crippen molar-refractivity contribution in [3.63, 3.8) is 0 Å². The van der Waals surface area contributed by atoms with Crippen molar-refractivity contribution in [2.45, 2.75) is 45.2 Å². The summed E-state index contributed by atoms with van der Waals surface area (Å²) in [4.78, 5) is 25.6. The van der Waals surface area contributed by atoms with Gasteiger partial charge in [0.05, 0.1) is 16.6 Å². The summed E-state index contributed by atoms with van der Waals surface area (Å²) in [5.41, 5.74) is 2.84. The highest BCUT2D eigenvalue weighted by Crippen LogP contribution is 2.29. The summed E-state index contributed by atoms with van der Waals surface area (Å²) in [6, 6.07) is 14.4. The Balaban J connectivity index is 1.73. The van der Waals surface area contributed by atoms with Crippen LogP contribution in [0, 0.1) is 5.92 Å². The van der Waals surface area contributed by atoms with E-state index in [0.29, 0.717) is 10.6 Å². The molecule has 142 valence electrons. The number of hydrogen-bond acceptors (Lipinski definition) is 2. The smallest absolute Gasteiger partial charge is 0.253 e. The van der Waals surface area contributed by atoms with E-state index in [1.54, 1.807) is 24.3 Å². The first kappa shape index (κ1) is 19.4. The Morgan fingerprint density at radius 2 is 1.78 bits per heavy atom. The fourth-order valence-electron chi connectivity index (χ4n) is 3.56. The summed E-state index contributed by atoms with van der Waals surface area (Å²) in [7, 11) is 0. The molecule has 1 aliphatic rings. The number of nitrogens with one attached hydrogen (secondary N) is 2. The Morgan fingerprint density at radius 1 is 1.07 bits per heavy atom. The number of hydrogen-bond donors (Lipinski definition) is 2. The molecule has 27 heavy (non-hydrogen) atoms. The van der Waals surface area contributed by atoms with Crippen LogP contribution in [-0.2, 0) is 11.2 Å². The van der Waals surface area contributed by atoms with Crippen LogP contribution < -0.4 is 10.6 Å². The van der Waals surface area contributed by atoms with Gasteiger partial charge < -0.3 is 10.6 Å². The molecule has 2 amide bonds. The third-order valence-corrected chi connectivity index (χ3v) is 5.37. The number of fused-ring (bicyclic) bond motifs is 1. The molecule has 3 rings (SSSR count). The highest BCUT2D eigenvalue weighted by molar-refractivity contribution is 6.33. The summed E-state index contributed by atoms with van der Waals surface area (Å²) >= 11 is 6.11. The minimum absolute atomic E-state index is 0.0130. The van der Waals surface area contributed by atoms with Crippen LogP contribution in [0.3, 0.4) is 0 Å². The fourth-order valence-corrected chi connectivity index (χ4v) is 3.79. The van der Waals surface area contributed by atoms with Crippen LogP contribution in [0.4, 0.5) is 0 Å². The molecule has 0 spiro atoms. The van der Waals surface area contributed by atoms with Crippen LogP contribution in [0.2, 0.25) is 5.02 Å². The maximum absolute atomic E-state index is 13.0. The van der Waals surface area contributed by atoms with Gasteiger partial charge in [-0.1, -0.05) is 61.8 Å². The normalized spacial score (nSPS) is 17.1. The summed E-state index contributed by atoms with van der Waals surface area (Å²) < 4.78 is 0. The third kappa shape index (κ3) is 4.51. The van der Waals surface area contributed by atoms with Crippen LogP contribution in [0.25, 0.3) is 0 Å². The van der Waals surface area contributed by atoms with E-state index in [1.807, 2.05) is 26.0 Å². The zero-order valence-corrected chi connectivity index (χ0v) is 16.4. The van der Waals surface area contributed by atoms with E-state index >= 15 is 0 Å². The first-order valence-electron chi connectivity index (χ1n) is 9.41. The van der Waals surface area contributed by atoms with Gasteiger partial charge in [0.2, 0.25) is 5.91 Å². The van der Waals surface area contributed by atoms with Crippen molar-refractivity contribution in [1.29, 1.82) is 0 Å². The number of carbonyl (C=O) groups excluding carboxylic acids is 2. The molecule has 0 heterocycles. The first-order chi connectivity index (χ1) is 13.0. The standard InChI is InChI=1S/C22H25ClN2O2/c1-14(2)20(25-21(26)17-11-5-6-12-18(17)23)22(27)24-19-13-7-9-15-8-3-4-10-16(15)19/h3-6,8,10-12,14,19-20H,7,9,13H2,1-2H3,(H,24,27)(H,25,26)/t19?,20-/m0/s1. The summed E-state index contributed by atoms with van der Waals surface area (Å²) in [6.45, 7) is 3.85. The lowest BCUT2D eigenvalue weighted by atomic mass is 9.87. The molecule has 0 bridgehead atoms. The summed E-state index contributed by atoms with van der Waals surface area (Å²) in [5.74, 6) is -0.541. The Morgan fingerprint density at radius 3 is 2.52 bits per heavy atom.